The standard InChI is InChI=1S/C41H30O27/c42-13-1-8(2-14(43)24(13)48)34(54)65-32-30-18-7-62-35(55)9-3-15(44)25(49)28(52)20(9)21-10(4-16(45)26(50)29(21)53)37(57)67-39(63-18)33(32)66-36(56)11-5-17(46)27(51)31-22(11)23-12(38(58)64-30)6-19(47)41(61,68-31)40(23,59)60/h1-6,18,23,30,32-33,35,39,42-46,48-53,55,59-61H,7H2/t18-,23?,30+,32+,33-,35?,39-,41?/m0/s1. The molecule has 4 aromatic rings. The zero-order chi connectivity index (χ0) is 49.4. The number of ether oxygens (including phenoxy) is 7. The average molecular weight is 955 g/mol. The van der Waals surface area contributed by atoms with Gasteiger partial charge in [0.1, 0.15) is 6.10 Å². The predicted molar refractivity (Wildman–Crippen MR) is 205 cm³/mol. The highest BCUT2D eigenvalue weighted by molar-refractivity contribution is 6.09. The molecule has 9 rings (SSSR count). The molecule has 27 nitrogen and oxygen atoms in total. The fourth-order valence-electron chi connectivity index (χ4n) is 8.36. The third kappa shape index (κ3) is 6.32. The highest BCUT2D eigenvalue weighted by Crippen LogP contribution is 2.59. The number of carbonyl (C=O) groups excluding carboxylic acids is 5. The minimum Gasteiger partial charge on any atom is -0.504 e. The van der Waals surface area contributed by atoms with Gasteiger partial charge >= 0.3 is 29.7 Å². The molecular weight excluding hydrogens is 924 g/mol. The largest absolute Gasteiger partial charge is 0.504 e. The molecule has 1 fully saturated rings. The fraction of sp³-hybridized carbons (Fsp3) is 0.244. The molecule has 15 N–H and O–H groups in total. The lowest BCUT2D eigenvalue weighted by Gasteiger charge is -2.49. The number of aromatic hydroxyl groups is 11. The van der Waals surface area contributed by atoms with Crippen molar-refractivity contribution in [1.82, 2.24) is 0 Å². The van der Waals surface area contributed by atoms with Crippen molar-refractivity contribution in [3.8, 4) is 80.1 Å². The molecule has 4 heterocycles. The van der Waals surface area contributed by atoms with Crippen LogP contribution >= 0.6 is 0 Å². The van der Waals surface area contributed by atoms with E-state index in [4.69, 9.17) is 33.2 Å². The third-order valence-electron chi connectivity index (χ3n) is 11.6. The van der Waals surface area contributed by atoms with Crippen molar-refractivity contribution >= 4 is 29.7 Å². The number of hydrogen-bond acceptors (Lipinski definition) is 27. The van der Waals surface area contributed by atoms with Crippen molar-refractivity contribution in [2.45, 2.75) is 54.5 Å². The van der Waals surface area contributed by atoms with E-state index in [-0.39, 0.29) is 6.08 Å². The van der Waals surface area contributed by atoms with Crippen molar-refractivity contribution < 1.29 is 134 Å². The molecule has 5 aliphatic rings. The zero-order valence-electron chi connectivity index (χ0n) is 33.3. The molecule has 68 heavy (non-hydrogen) atoms. The first-order valence-electron chi connectivity index (χ1n) is 19.2. The number of hydrogen-bond donors (Lipinski definition) is 15. The summed E-state index contributed by atoms with van der Waals surface area (Å²) in [6, 6.07) is 2.46. The van der Waals surface area contributed by atoms with Gasteiger partial charge in [0, 0.05) is 22.3 Å². The maximum absolute atomic E-state index is 14.6. The Bertz CT molecular complexity index is 2970. The van der Waals surface area contributed by atoms with Crippen LogP contribution in [0.1, 0.15) is 54.4 Å². The first kappa shape index (κ1) is 44.7. The van der Waals surface area contributed by atoms with Crippen LogP contribution < -0.4 is 4.74 Å². The monoisotopic (exact) mass is 954 g/mol. The molecule has 4 aliphatic heterocycles. The molecule has 1 aliphatic carbocycles. The van der Waals surface area contributed by atoms with Gasteiger partial charge in [0.15, 0.2) is 70.2 Å². The lowest BCUT2D eigenvalue weighted by molar-refractivity contribution is -0.339. The molecule has 0 saturated carbocycles. The Labute approximate surface area is 374 Å². The molecule has 8 atom stereocenters. The first-order valence-corrected chi connectivity index (χ1v) is 19.2. The lowest BCUT2D eigenvalue weighted by atomic mass is 9.70. The molecule has 4 aromatic carbocycles. The van der Waals surface area contributed by atoms with Gasteiger partial charge < -0.3 is 110 Å². The molecule has 1 saturated heterocycles. The minimum absolute atomic E-state index is 0.277. The number of ketones is 1. The van der Waals surface area contributed by atoms with Gasteiger partial charge in [-0.2, -0.15) is 0 Å². The van der Waals surface area contributed by atoms with Crippen LogP contribution in [0.2, 0.25) is 0 Å². The van der Waals surface area contributed by atoms with E-state index in [2.05, 4.69) is 0 Å². The first-order chi connectivity index (χ1) is 31.9. The second-order valence-corrected chi connectivity index (χ2v) is 15.6. The fourth-order valence-corrected chi connectivity index (χ4v) is 8.36. The number of fused-ring (bicyclic) bond motifs is 10. The van der Waals surface area contributed by atoms with Crippen LogP contribution in [-0.4, -0.2) is 155 Å². The summed E-state index contributed by atoms with van der Waals surface area (Å²) in [7, 11) is 0. The van der Waals surface area contributed by atoms with Gasteiger partial charge in [-0.25, -0.2) is 19.2 Å². The second kappa shape index (κ2) is 15.0. The summed E-state index contributed by atoms with van der Waals surface area (Å²) in [5.41, 5.74) is -7.99. The number of phenols is 11. The molecule has 6 bridgehead atoms. The van der Waals surface area contributed by atoms with Crippen LogP contribution in [-0.2, 0) is 38.0 Å². The summed E-state index contributed by atoms with van der Waals surface area (Å²) in [4.78, 5) is 70.9. The Morgan fingerprint density at radius 3 is 1.85 bits per heavy atom. The number of aliphatic hydroxyl groups excluding tert-OH is 1. The molecule has 356 valence electrons. The Balaban J connectivity index is 1.29. The number of carbonyl (C=O) groups is 5. The molecule has 0 amide bonds. The van der Waals surface area contributed by atoms with Crippen LogP contribution in [0.3, 0.4) is 0 Å². The lowest BCUT2D eigenvalue weighted by Crippen LogP contribution is -2.70. The van der Waals surface area contributed by atoms with Crippen LogP contribution in [0.4, 0.5) is 0 Å². The number of esters is 4. The van der Waals surface area contributed by atoms with E-state index in [1.807, 2.05) is 0 Å². The van der Waals surface area contributed by atoms with E-state index >= 15 is 0 Å². The van der Waals surface area contributed by atoms with Crippen molar-refractivity contribution in [3.05, 3.63) is 69.8 Å². The van der Waals surface area contributed by atoms with E-state index in [0.717, 1.165) is 0 Å². The second-order valence-electron chi connectivity index (χ2n) is 15.6. The number of rotatable bonds is 2. The average Bonchev–Trinajstić information content (AvgIpc) is 3.28. The molecular formula is C41H30O27. The van der Waals surface area contributed by atoms with E-state index in [1.54, 1.807) is 0 Å². The van der Waals surface area contributed by atoms with Crippen LogP contribution in [0.5, 0.6) is 69.0 Å². The number of aliphatic hydroxyl groups is 4. The minimum atomic E-state index is -3.97. The van der Waals surface area contributed by atoms with Gasteiger partial charge in [-0.05, 0) is 36.4 Å². The molecule has 0 radical (unpaired) electrons. The molecule has 0 aromatic heterocycles. The summed E-state index contributed by atoms with van der Waals surface area (Å²) in [6.07, 6.45) is -14.5. The van der Waals surface area contributed by atoms with Crippen LogP contribution in [0.15, 0.2) is 42.0 Å². The van der Waals surface area contributed by atoms with E-state index in [0.29, 0.717) is 30.3 Å². The zero-order valence-corrected chi connectivity index (χ0v) is 33.3. The van der Waals surface area contributed by atoms with Crippen LogP contribution in [0, 0.1) is 0 Å². The third-order valence-corrected chi connectivity index (χ3v) is 11.6. The summed E-state index contributed by atoms with van der Waals surface area (Å²) in [5, 5.41) is 162. The normalized spacial score (nSPS) is 26.9. The SMILES string of the molecule is O=C1O[C@H]2[C@@H](OC(=O)c3cc(O)c(O)c(O)c3)[C@H](OC(=O)c3cc(O)c(O)c4c3C3C1=CC(=O)C(O)(O4)C3(O)O)[C@@H]1OC(=O)c3cc(O)c(O)c(O)c3-c3c(cc(O)c(O)c3O)C(O)OC[C@@H]2O1. The topological polar surface area (TPSA) is 453 Å². The van der Waals surface area contributed by atoms with Gasteiger partial charge in [0.05, 0.1) is 34.8 Å². The Hall–Kier alpha value is -8.47. The number of phenolic OH excluding ortho intramolecular Hbond substituents is 11. The highest BCUT2D eigenvalue weighted by atomic mass is 16.8. The van der Waals surface area contributed by atoms with Crippen molar-refractivity contribution in [2.24, 2.45) is 0 Å². The Kier molecular flexibility index (Phi) is 9.88. The van der Waals surface area contributed by atoms with Crippen molar-refractivity contribution in [1.29, 1.82) is 0 Å². The van der Waals surface area contributed by atoms with E-state index in [1.165, 1.54) is 0 Å². The maximum atomic E-state index is 14.6. The van der Waals surface area contributed by atoms with Gasteiger partial charge in [-0.1, -0.05) is 0 Å². The van der Waals surface area contributed by atoms with Crippen molar-refractivity contribution in [2.75, 3.05) is 6.61 Å². The highest BCUT2D eigenvalue weighted by Gasteiger charge is 2.70. The predicted octanol–water partition coefficient (Wildman–Crippen LogP) is -1.25. The van der Waals surface area contributed by atoms with Gasteiger partial charge in [-0.3, -0.25) is 4.79 Å². The summed E-state index contributed by atoms with van der Waals surface area (Å²) in [6.45, 7) is -1.21. The van der Waals surface area contributed by atoms with Gasteiger partial charge in [-0.15, -0.1) is 0 Å². The summed E-state index contributed by atoms with van der Waals surface area (Å²) in [5.74, 6) is -34.4. The van der Waals surface area contributed by atoms with Crippen molar-refractivity contribution in [3.63, 3.8) is 0 Å². The molecule has 27 heteroatoms. The molecule has 3 unspecified atom stereocenters. The quantitative estimate of drug-likeness (QED) is 0.0483. The van der Waals surface area contributed by atoms with Gasteiger partial charge in [0.25, 0.3) is 5.79 Å². The van der Waals surface area contributed by atoms with Gasteiger partial charge in [0.2, 0.25) is 35.4 Å². The summed E-state index contributed by atoms with van der Waals surface area (Å²) >= 11 is 0. The summed E-state index contributed by atoms with van der Waals surface area (Å²) < 4.78 is 39.3. The van der Waals surface area contributed by atoms with E-state index < -0.39 is 204 Å². The maximum Gasteiger partial charge on any atom is 0.341 e. The molecule has 0 spiro atoms. The van der Waals surface area contributed by atoms with Crippen LogP contribution in [0.25, 0.3) is 11.1 Å². The van der Waals surface area contributed by atoms with E-state index in [9.17, 15) is 101 Å². The Morgan fingerprint density at radius 2 is 1.19 bits per heavy atom. The smallest absolute Gasteiger partial charge is 0.341 e. The number of benzene rings is 4. The Morgan fingerprint density at radius 1 is 0.632 bits per heavy atom.